The lowest BCUT2D eigenvalue weighted by atomic mass is 10.2. The van der Waals surface area contributed by atoms with Crippen molar-refractivity contribution < 1.29 is 16.8 Å². The van der Waals surface area contributed by atoms with Crippen molar-refractivity contribution in [3.8, 4) is 6.07 Å². The third-order valence-electron chi connectivity index (χ3n) is 4.48. The molecule has 3 rings (SSSR count). The van der Waals surface area contributed by atoms with Gasteiger partial charge in [-0.1, -0.05) is 41.9 Å². The molecule has 10 heteroatoms. The number of nitrogens with zero attached hydrogens (tertiary/aromatic N) is 3. The molecule has 28 heavy (non-hydrogen) atoms. The van der Waals surface area contributed by atoms with E-state index in [1.165, 1.54) is 26.8 Å². The number of hydrogen-bond acceptors (Lipinski definition) is 5. The van der Waals surface area contributed by atoms with E-state index in [-0.39, 0.29) is 47.4 Å². The van der Waals surface area contributed by atoms with Crippen molar-refractivity contribution in [1.82, 2.24) is 8.61 Å². The highest BCUT2D eigenvalue weighted by atomic mass is 35.5. The Morgan fingerprint density at radius 3 is 2.11 bits per heavy atom. The van der Waals surface area contributed by atoms with E-state index in [0.29, 0.717) is 5.56 Å². The molecule has 0 radical (unpaired) electrons. The lowest BCUT2D eigenvalue weighted by Crippen LogP contribution is -2.50. The molecule has 0 bridgehead atoms. The van der Waals surface area contributed by atoms with E-state index in [9.17, 15) is 16.8 Å². The van der Waals surface area contributed by atoms with Crippen molar-refractivity contribution in [2.24, 2.45) is 0 Å². The van der Waals surface area contributed by atoms with E-state index in [2.05, 4.69) is 0 Å². The van der Waals surface area contributed by atoms with Gasteiger partial charge in [-0.05, 0) is 23.8 Å². The Morgan fingerprint density at radius 1 is 0.929 bits per heavy atom. The summed E-state index contributed by atoms with van der Waals surface area (Å²) >= 11 is 5.94. The first kappa shape index (κ1) is 20.8. The normalized spacial score (nSPS) is 16.6. The highest BCUT2D eigenvalue weighted by Crippen LogP contribution is 2.24. The fourth-order valence-corrected chi connectivity index (χ4v) is 6.21. The zero-order valence-corrected chi connectivity index (χ0v) is 17.2. The van der Waals surface area contributed by atoms with Gasteiger partial charge in [0, 0.05) is 26.2 Å². The fraction of sp³-hybridized carbons (Fsp3) is 0.278. The van der Waals surface area contributed by atoms with Crippen LogP contribution in [0.3, 0.4) is 0 Å². The largest absolute Gasteiger partial charge is 0.243 e. The average molecular weight is 440 g/mol. The molecule has 2 aromatic rings. The lowest BCUT2D eigenvalue weighted by molar-refractivity contribution is 0.272. The van der Waals surface area contributed by atoms with Gasteiger partial charge in [-0.25, -0.2) is 16.8 Å². The van der Waals surface area contributed by atoms with Crippen molar-refractivity contribution >= 4 is 31.6 Å². The molecular formula is C18H18ClN3O4S2. The highest BCUT2D eigenvalue weighted by molar-refractivity contribution is 7.89. The molecule has 1 aliphatic heterocycles. The van der Waals surface area contributed by atoms with Crippen LogP contribution in [0.4, 0.5) is 0 Å². The number of halogens is 1. The topological polar surface area (TPSA) is 98.5 Å². The van der Waals surface area contributed by atoms with Crippen LogP contribution in [-0.2, 0) is 25.8 Å². The van der Waals surface area contributed by atoms with Crippen LogP contribution in [0.1, 0.15) is 11.1 Å². The Bertz CT molecular complexity index is 1110. The van der Waals surface area contributed by atoms with Crippen LogP contribution in [-0.4, -0.2) is 51.6 Å². The first-order valence-corrected chi connectivity index (χ1v) is 11.9. The summed E-state index contributed by atoms with van der Waals surface area (Å²) in [5.41, 5.74) is 0.877. The summed E-state index contributed by atoms with van der Waals surface area (Å²) < 4.78 is 53.4. The molecule has 0 atom stereocenters. The van der Waals surface area contributed by atoms with Crippen molar-refractivity contribution in [3.05, 3.63) is 64.7 Å². The zero-order chi connectivity index (χ0) is 20.4. The predicted molar refractivity (Wildman–Crippen MR) is 106 cm³/mol. The lowest BCUT2D eigenvalue weighted by Gasteiger charge is -2.33. The van der Waals surface area contributed by atoms with Gasteiger partial charge in [0.1, 0.15) is 6.07 Å². The number of benzene rings is 2. The average Bonchev–Trinajstić information content (AvgIpc) is 2.68. The minimum absolute atomic E-state index is 0.0166. The van der Waals surface area contributed by atoms with E-state index >= 15 is 0 Å². The number of sulfonamides is 2. The maximum absolute atomic E-state index is 12.8. The molecule has 1 aliphatic rings. The number of hydrogen-bond donors (Lipinski definition) is 0. The van der Waals surface area contributed by atoms with E-state index < -0.39 is 20.0 Å². The van der Waals surface area contributed by atoms with Gasteiger partial charge in [0.25, 0.3) is 0 Å². The van der Waals surface area contributed by atoms with Crippen molar-refractivity contribution in [2.45, 2.75) is 10.6 Å². The third kappa shape index (κ3) is 4.37. The maximum atomic E-state index is 12.8. The van der Waals surface area contributed by atoms with Crippen molar-refractivity contribution in [2.75, 3.05) is 26.2 Å². The molecule has 1 fully saturated rings. The molecule has 2 aromatic carbocycles. The van der Waals surface area contributed by atoms with Gasteiger partial charge in [-0.15, -0.1) is 0 Å². The van der Waals surface area contributed by atoms with Crippen LogP contribution in [0, 0.1) is 11.3 Å². The van der Waals surface area contributed by atoms with Gasteiger partial charge < -0.3 is 0 Å². The van der Waals surface area contributed by atoms with Crippen LogP contribution in [0.2, 0.25) is 5.02 Å². The summed E-state index contributed by atoms with van der Waals surface area (Å²) in [7, 11) is -7.35. The van der Waals surface area contributed by atoms with Gasteiger partial charge >= 0.3 is 0 Å². The third-order valence-corrected chi connectivity index (χ3v) is 8.54. The molecule has 0 aromatic heterocycles. The van der Waals surface area contributed by atoms with Gasteiger partial charge in [-0.3, -0.25) is 0 Å². The molecular weight excluding hydrogens is 422 g/mol. The SMILES string of the molecule is N#Cc1ccc(S(=O)(=O)N2CCN(S(=O)(=O)Cc3ccccc3)CC2)cc1Cl. The Hall–Kier alpha value is -1.96. The Labute approximate surface area is 169 Å². The first-order chi connectivity index (χ1) is 13.2. The minimum Gasteiger partial charge on any atom is -0.212 e. The van der Waals surface area contributed by atoms with Gasteiger partial charge in [0.05, 0.1) is 21.2 Å². The van der Waals surface area contributed by atoms with E-state index in [4.69, 9.17) is 16.9 Å². The second-order valence-electron chi connectivity index (χ2n) is 6.30. The molecule has 148 valence electrons. The summed E-state index contributed by atoms with van der Waals surface area (Å²) in [5.74, 6) is -0.119. The number of rotatable bonds is 5. The van der Waals surface area contributed by atoms with E-state index in [0.717, 1.165) is 0 Å². The molecule has 0 spiro atoms. The molecule has 1 saturated heterocycles. The van der Waals surface area contributed by atoms with Crippen LogP contribution < -0.4 is 0 Å². The zero-order valence-electron chi connectivity index (χ0n) is 14.8. The Kier molecular flexibility index (Phi) is 6.07. The highest BCUT2D eigenvalue weighted by Gasteiger charge is 2.33. The molecule has 7 nitrogen and oxygen atoms in total. The molecule has 0 unspecified atom stereocenters. The van der Waals surface area contributed by atoms with Crippen molar-refractivity contribution in [3.63, 3.8) is 0 Å². The Balaban J connectivity index is 1.71. The standard InChI is InChI=1S/C18H18ClN3O4S2/c19-18-12-17(7-6-16(18)13-20)28(25,26)22-10-8-21(9-11-22)27(23,24)14-15-4-2-1-3-5-15/h1-7,12H,8-11,14H2. The summed E-state index contributed by atoms with van der Waals surface area (Å²) in [4.78, 5) is -0.0166. The van der Waals surface area contributed by atoms with Crippen LogP contribution >= 0.6 is 11.6 Å². The quantitative estimate of drug-likeness (QED) is 0.709. The summed E-state index contributed by atoms with van der Waals surface area (Å²) in [6.07, 6.45) is 0. The monoisotopic (exact) mass is 439 g/mol. The maximum Gasteiger partial charge on any atom is 0.243 e. The van der Waals surface area contributed by atoms with E-state index in [1.54, 1.807) is 24.3 Å². The van der Waals surface area contributed by atoms with Crippen molar-refractivity contribution in [1.29, 1.82) is 5.26 Å². The Morgan fingerprint density at radius 2 is 1.54 bits per heavy atom. The van der Waals surface area contributed by atoms with E-state index in [1.807, 2.05) is 12.1 Å². The molecule has 0 amide bonds. The second kappa shape index (κ2) is 8.19. The summed E-state index contributed by atoms with van der Waals surface area (Å²) in [6, 6.07) is 14.7. The minimum atomic E-state index is -3.82. The van der Waals surface area contributed by atoms with Crippen LogP contribution in [0.25, 0.3) is 0 Å². The number of nitriles is 1. The van der Waals surface area contributed by atoms with Crippen LogP contribution in [0.15, 0.2) is 53.4 Å². The molecule has 0 N–H and O–H groups in total. The van der Waals surface area contributed by atoms with Crippen LogP contribution in [0.5, 0.6) is 0 Å². The van der Waals surface area contributed by atoms with Gasteiger partial charge in [-0.2, -0.15) is 13.9 Å². The molecule has 0 aliphatic carbocycles. The molecule has 0 saturated carbocycles. The molecule has 1 heterocycles. The summed E-state index contributed by atoms with van der Waals surface area (Å²) in [5, 5.41) is 8.98. The van der Waals surface area contributed by atoms with Gasteiger partial charge in [0.2, 0.25) is 20.0 Å². The fourth-order valence-electron chi connectivity index (χ4n) is 2.96. The number of piperazine rings is 1. The smallest absolute Gasteiger partial charge is 0.212 e. The summed E-state index contributed by atoms with van der Waals surface area (Å²) in [6.45, 7) is 0.263. The predicted octanol–water partition coefficient (Wildman–Crippen LogP) is 2.05. The first-order valence-electron chi connectivity index (χ1n) is 8.45. The second-order valence-corrected chi connectivity index (χ2v) is 10.6. The van der Waals surface area contributed by atoms with Gasteiger partial charge in [0.15, 0.2) is 0 Å².